The first-order chi connectivity index (χ1) is 12.6. The average Bonchev–Trinajstić information content (AvgIpc) is 3.20. The number of ether oxygens (including phenoxy) is 1. The summed E-state index contributed by atoms with van der Waals surface area (Å²) >= 11 is 0. The largest absolute Gasteiger partial charge is 0.488 e. The molecule has 1 aromatic carbocycles. The number of benzene rings is 1. The van der Waals surface area contributed by atoms with E-state index in [2.05, 4.69) is 15.7 Å². The number of piperidine rings is 1. The standard InChI is InChI=1S/C18H22F2N4O2/c19-16(20)13-26-15-4-1-3-14(11-15)12-22-17(25)18(5-8-21-9-6-18)24-10-2-7-23-24/h1-4,7,10-11,16,21H,5-6,8-9,12-13H2,(H,22,25). The highest BCUT2D eigenvalue weighted by molar-refractivity contribution is 5.84. The monoisotopic (exact) mass is 364 g/mol. The van der Waals surface area contributed by atoms with Crippen LogP contribution in [0.3, 0.4) is 0 Å². The minimum atomic E-state index is -2.52. The van der Waals surface area contributed by atoms with Crippen molar-refractivity contribution in [3.05, 3.63) is 48.3 Å². The zero-order valence-electron chi connectivity index (χ0n) is 14.3. The van der Waals surface area contributed by atoms with Crippen LogP contribution in [0.2, 0.25) is 0 Å². The van der Waals surface area contributed by atoms with Crippen molar-refractivity contribution in [3.63, 3.8) is 0 Å². The molecule has 0 saturated carbocycles. The van der Waals surface area contributed by atoms with Gasteiger partial charge in [-0.1, -0.05) is 12.1 Å². The lowest BCUT2D eigenvalue weighted by molar-refractivity contribution is -0.132. The Balaban J connectivity index is 1.66. The van der Waals surface area contributed by atoms with E-state index in [0.717, 1.165) is 18.7 Å². The van der Waals surface area contributed by atoms with Crippen LogP contribution in [-0.2, 0) is 16.9 Å². The molecule has 1 fully saturated rings. The van der Waals surface area contributed by atoms with Gasteiger partial charge in [-0.15, -0.1) is 0 Å². The van der Waals surface area contributed by atoms with E-state index >= 15 is 0 Å². The molecule has 1 amide bonds. The number of nitrogens with one attached hydrogen (secondary N) is 2. The Labute approximate surface area is 150 Å². The van der Waals surface area contributed by atoms with E-state index in [-0.39, 0.29) is 5.91 Å². The molecular formula is C18H22F2N4O2. The summed E-state index contributed by atoms with van der Waals surface area (Å²) < 4.78 is 31.3. The van der Waals surface area contributed by atoms with Crippen LogP contribution < -0.4 is 15.4 Å². The maximum absolute atomic E-state index is 13.0. The lowest BCUT2D eigenvalue weighted by Crippen LogP contribution is -2.54. The van der Waals surface area contributed by atoms with Gasteiger partial charge in [-0.05, 0) is 49.7 Å². The third-order valence-electron chi connectivity index (χ3n) is 4.52. The zero-order chi connectivity index (χ0) is 18.4. The number of hydrogen-bond donors (Lipinski definition) is 2. The fraction of sp³-hybridized carbons (Fsp3) is 0.444. The van der Waals surface area contributed by atoms with Crippen LogP contribution in [0.4, 0.5) is 8.78 Å². The lowest BCUT2D eigenvalue weighted by atomic mass is 9.87. The number of carbonyl (C=O) groups excluding carboxylic acids is 1. The first-order valence-corrected chi connectivity index (χ1v) is 8.59. The summed E-state index contributed by atoms with van der Waals surface area (Å²) in [6.45, 7) is 1.13. The third kappa shape index (κ3) is 4.19. The molecule has 1 saturated heterocycles. The average molecular weight is 364 g/mol. The fourth-order valence-electron chi connectivity index (χ4n) is 3.17. The molecule has 2 heterocycles. The van der Waals surface area contributed by atoms with E-state index in [1.807, 2.05) is 12.3 Å². The molecule has 0 spiro atoms. The van der Waals surface area contributed by atoms with Gasteiger partial charge in [0.1, 0.15) is 17.9 Å². The van der Waals surface area contributed by atoms with Gasteiger partial charge in [-0.2, -0.15) is 5.10 Å². The quantitative estimate of drug-likeness (QED) is 0.788. The van der Waals surface area contributed by atoms with E-state index in [1.54, 1.807) is 35.1 Å². The fourth-order valence-corrected chi connectivity index (χ4v) is 3.17. The van der Waals surface area contributed by atoms with E-state index in [1.165, 1.54) is 0 Å². The maximum Gasteiger partial charge on any atom is 0.272 e. The van der Waals surface area contributed by atoms with Gasteiger partial charge in [0.05, 0.1) is 0 Å². The number of rotatable bonds is 7. The lowest BCUT2D eigenvalue weighted by Gasteiger charge is -2.36. The van der Waals surface area contributed by atoms with Crippen LogP contribution in [0.1, 0.15) is 18.4 Å². The first kappa shape index (κ1) is 18.3. The number of carbonyl (C=O) groups is 1. The van der Waals surface area contributed by atoms with E-state index in [4.69, 9.17) is 4.74 Å². The number of amides is 1. The summed E-state index contributed by atoms with van der Waals surface area (Å²) in [6, 6.07) is 8.62. The topological polar surface area (TPSA) is 68.2 Å². The second kappa shape index (κ2) is 8.27. The third-order valence-corrected chi connectivity index (χ3v) is 4.52. The molecule has 0 radical (unpaired) electrons. The Hall–Kier alpha value is -2.48. The molecule has 2 aromatic rings. The minimum absolute atomic E-state index is 0.0957. The van der Waals surface area contributed by atoms with Gasteiger partial charge >= 0.3 is 0 Å². The molecule has 8 heteroatoms. The summed E-state index contributed by atoms with van der Waals surface area (Å²) in [5, 5.41) is 10.5. The Morgan fingerprint density at radius 1 is 1.35 bits per heavy atom. The van der Waals surface area contributed by atoms with Crippen LogP contribution in [0.5, 0.6) is 5.75 Å². The summed E-state index contributed by atoms with van der Waals surface area (Å²) in [5.74, 6) is 0.266. The minimum Gasteiger partial charge on any atom is -0.488 e. The highest BCUT2D eigenvalue weighted by Gasteiger charge is 2.41. The molecule has 1 aromatic heterocycles. The van der Waals surface area contributed by atoms with Gasteiger partial charge < -0.3 is 15.4 Å². The summed E-state index contributed by atoms with van der Waals surface area (Å²) in [5.41, 5.74) is 0.0769. The molecule has 1 aliphatic heterocycles. The maximum atomic E-state index is 13.0. The van der Waals surface area contributed by atoms with E-state index in [0.29, 0.717) is 25.1 Å². The molecule has 0 unspecified atom stereocenters. The van der Waals surface area contributed by atoms with Crippen molar-refractivity contribution >= 4 is 5.91 Å². The first-order valence-electron chi connectivity index (χ1n) is 8.59. The SMILES string of the molecule is O=C(NCc1cccc(OCC(F)F)c1)C1(n2cccn2)CCNCC1. The Morgan fingerprint density at radius 3 is 2.85 bits per heavy atom. The van der Waals surface area contributed by atoms with E-state index in [9.17, 15) is 13.6 Å². The number of alkyl halides is 2. The Morgan fingerprint density at radius 2 is 2.15 bits per heavy atom. The molecule has 6 nitrogen and oxygen atoms in total. The predicted molar refractivity (Wildman–Crippen MR) is 92.1 cm³/mol. The van der Waals surface area contributed by atoms with Crippen molar-refractivity contribution in [3.8, 4) is 5.75 Å². The van der Waals surface area contributed by atoms with Gasteiger partial charge in [-0.3, -0.25) is 9.48 Å². The van der Waals surface area contributed by atoms with Crippen molar-refractivity contribution in [2.45, 2.75) is 31.4 Å². The molecular weight excluding hydrogens is 342 g/mol. The van der Waals surface area contributed by atoms with Crippen molar-refractivity contribution in [2.75, 3.05) is 19.7 Å². The number of nitrogens with zero attached hydrogens (tertiary/aromatic N) is 2. The van der Waals surface area contributed by atoms with Crippen molar-refractivity contribution in [1.82, 2.24) is 20.4 Å². The number of hydrogen-bond acceptors (Lipinski definition) is 4. The van der Waals surface area contributed by atoms with Gasteiger partial charge in [-0.25, -0.2) is 8.78 Å². The van der Waals surface area contributed by atoms with E-state index < -0.39 is 18.6 Å². The van der Waals surface area contributed by atoms with Gasteiger partial charge in [0.15, 0.2) is 0 Å². The number of aromatic nitrogens is 2. The van der Waals surface area contributed by atoms with Crippen LogP contribution >= 0.6 is 0 Å². The smallest absolute Gasteiger partial charge is 0.272 e. The molecule has 1 aliphatic rings. The van der Waals surface area contributed by atoms with Gasteiger partial charge in [0, 0.05) is 18.9 Å². The molecule has 3 rings (SSSR count). The van der Waals surface area contributed by atoms with Crippen molar-refractivity contribution in [1.29, 1.82) is 0 Å². The Bertz CT molecular complexity index is 716. The summed E-state index contributed by atoms with van der Waals surface area (Å²) in [4.78, 5) is 13.0. The van der Waals surface area contributed by atoms with Crippen LogP contribution in [0.15, 0.2) is 42.7 Å². The molecule has 0 aliphatic carbocycles. The van der Waals surface area contributed by atoms with Crippen molar-refractivity contribution < 1.29 is 18.3 Å². The highest BCUT2D eigenvalue weighted by atomic mass is 19.3. The Kier molecular flexibility index (Phi) is 5.82. The highest BCUT2D eigenvalue weighted by Crippen LogP contribution is 2.27. The number of halogens is 2. The summed E-state index contributed by atoms with van der Waals surface area (Å²) in [6.07, 6.45) is 2.26. The van der Waals surface area contributed by atoms with Crippen molar-refractivity contribution in [2.24, 2.45) is 0 Å². The molecule has 26 heavy (non-hydrogen) atoms. The normalized spacial score (nSPS) is 16.4. The molecule has 0 atom stereocenters. The van der Waals surface area contributed by atoms with Gasteiger partial charge in [0.2, 0.25) is 5.91 Å². The van der Waals surface area contributed by atoms with Crippen LogP contribution in [-0.4, -0.2) is 41.8 Å². The van der Waals surface area contributed by atoms with Crippen LogP contribution in [0.25, 0.3) is 0 Å². The second-order valence-corrected chi connectivity index (χ2v) is 6.26. The second-order valence-electron chi connectivity index (χ2n) is 6.26. The molecule has 140 valence electrons. The predicted octanol–water partition coefficient (Wildman–Crippen LogP) is 1.92. The summed E-state index contributed by atoms with van der Waals surface area (Å²) in [7, 11) is 0. The van der Waals surface area contributed by atoms with Crippen LogP contribution in [0, 0.1) is 0 Å². The molecule has 2 N–H and O–H groups in total. The molecule has 0 bridgehead atoms. The van der Waals surface area contributed by atoms with Gasteiger partial charge in [0.25, 0.3) is 6.43 Å². The zero-order valence-corrected chi connectivity index (χ0v) is 14.3.